The molecule has 110 valence electrons. The summed E-state index contributed by atoms with van der Waals surface area (Å²) in [6, 6.07) is 7.21. The number of nitrogens with two attached hydrogens (primary N) is 1. The van der Waals surface area contributed by atoms with Crippen LogP contribution >= 0.6 is 12.4 Å². The molecule has 0 aliphatic rings. The lowest BCUT2D eigenvalue weighted by Crippen LogP contribution is -2.36. The number of nitrogen functional groups attached to an aromatic ring is 1. The monoisotopic (exact) mass is 309 g/mol. The van der Waals surface area contributed by atoms with Crippen molar-refractivity contribution in [2.75, 3.05) is 43.1 Å². The maximum Gasteiger partial charge on any atom is 0.208 e. The molecule has 0 unspecified atom stereocenters. The van der Waals surface area contributed by atoms with Crippen molar-refractivity contribution in [2.24, 2.45) is 0 Å². The van der Waals surface area contributed by atoms with Crippen LogP contribution in [0.3, 0.4) is 0 Å². The molecule has 0 aliphatic heterocycles. The normalized spacial score (nSPS) is 10.8. The number of benzene rings is 1. The minimum Gasteiger partial charge on any atom is -0.399 e. The van der Waals surface area contributed by atoms with E-state index in [1.165, 1.54) is 0 Å². The Morgan fingerprint density at radius 3 is 2.32 bits per heavy atom. The van der Waals surface area contributed by atoms with Gasteiger partial charge in [0.15, 0.2) is 0 Å². The fraction of sp³-hybridized carbons (Fsp3) is 0.455. The van der Waals surface area contributed by atoms with Crippen molar-refractivity contribution >= 4 is 33.8 Å². The molecule has 8 heteroatoms. The summed E-state index contributed by atoms with van der Waals surface area (Å²) in [7, 11) is -3.18. The molecule has 0 aromatic heterocycles. The predicted octanol–water partition coefficient (Wildman–Crippen LogP) is 0.0385. The summed E-state index contributed by atoms with van der Waals surface area (Å²) in [5.74, 6) is 0. The molecular formula is C11H20ClN3O3S. The predicted molar refractivity (Wildman–Crippen MR) is 80.2 cm³/mol. The van der Waals surface area contributed by atoms with Gasteiger partial charge in [0.05, 0.1) is 12.9 Å². The van der Waals surface area contributed by atoms with E-state index in [4.69, 9.17) is 10.8 Å². The summed E-state index contributed by atoms with van der Waals surface area (Å²) in [4.78, 5) is 1.89. The lowest BCUT2D eigenvalue weighted by Gasteiger charge is -2.24. The second-order valence-electron chi connectivity index (χ2n) is 3.97. The van der Waals surface area contributed by atoms with E-state index < -0.39 is 10.0 Å². The minimum atomic E-state index is -3.18. The quantitative estimate of drug-likeness (QED) is 0.618. The number of aliphatic hydroxyl groups is 1. The highest BCUT2D eigenvalue weighted by Gasteiger charge is 2.07. The maximum absolute atomic E-state index is 11.0. The summed E-state index contributed by atoms with van der Waals surface area (Å²) in [6.45, 7) is 1.22. The molecule has 0 fully saturated rings. The van der Waals surface area contributed by atoms with Gasteiger partial charge in [-0.25, -0.2) is 13.1 Å². The molecule has 0 amide bonds. The number of hydrogen-bond donors (Lipinski definition) is 3. The van der Waals surface area contributed by atoms with Crippen LogP contribution in [0, 0.1) is 0 Å². The van der Waals surface area contributed by atoms with Crippen molar-refractivity contribution in [2.45, 2.75) is 0 Å². The second kappa shape index (κ2) is 8.21. The van der Waals surface area contributed by atoms with Crippen molar-refractivity contribution in [1.82, 2.24) is 4.72 Å². The first-order chi connectivity index (χ1) is 8.42. The lowest BCUT2D eigenvalue weighted by molar-refractivity contribution is 0.302. The van der Waals surface area contributed by atoms with E-state index in [0.717, 1.165) is 11.9 Å². The van der Waals surface area contributed by atoms with Gasteiger partial charge in [-0.1, -0.05) is 0 Å². The number of nitrogens with zero attached hydrogens (tertiary/aromatic N) is 1. The maximum atomic E-state index is 11.0. The summed E-state index contributed by atoms with van der Waals surface area (Å²) < 4.78 is 24.3. The highest BCUT2D eigenvalue weighted by molar-refractivity contribution is 7.88. The molecule has 6 nitrogen and oxygen atoms in total. The third kappa shape index (κ3) is 7.22. The number of sulfonamides is 1. The molecular weight excluding hydrogens is 290 g/mol. The fourth-order valence-corrected chi connectivity index (χ4v) is 2.00. The van der Waals surface area contributed by atoms with Crippen LogP contribution in [0.15, 0.2) is 24.3 Å². The van der Waals surface area contributed by atoms with Crippen LogP contribution < -0.4 is 15.4 Å². The van der Waals surface area contributed by atoms with Gasteiger partial charge in [0.25, 0.3) is 0 Å². The number of anilines is 2. The van der Waals surface area contributed by atoms with E-state index in [-0.39, 0.29) is 19.0 Å². The average Bonchev–Trinajstić information content (AvgIpc) is 2.27. The van der Waals surface area contributed by atoms with Gasteiger partial charge in [-0.3, -0.25) is 0 Å². The first-order valence-corrected chi connectivity index (χ1v) is 7.47. The standard InChI is InChI=1S/C11H19N3O3S.ClH/c1-18(16,17)13-6-7-14(8-9-15)11-4-2-10(12)3-5-11;/h2-5,13,15H,6-9,12H2,1H3;1H. The number of nitrogens with one attached hydrogen (secondary N) is 1. The first kappa shape index (κ1) is 18.0. The lowest BCUT2D eigenvalue weighted by atomic mass is 10.2. The van der Waals surface area contributed by atoms with Crippen molar-refractivity contribution in [3.63, 3.8) is 0 Å². The third-order valence-electron chi connectivity index (χ3n) is 2.37. The zero-order valence-electron chi connectivity index (χ0n) is 10.7. The molecule has 0 bridgehead atoms. The summed E-state index contributed by atoms with van der Waals surface area (Å²) >= 11 is 0. The molecule has 0 saturated heterocycles. The van der Waals surface area contributed by atoms with Gasteiger partial charge in [0, 0.05) is 31.0 Å². The molecule has 4 N–H and O–H groups in total. The van der Waals surface area contributed by atoms with Gasteiger partial charge < -0.3 is 15.7 Å². The van der Waals surface area contributed by atoms with Crippen LogP contribution in [0.1, 0.15) is 0 Å². The Balaban J connectivity index is 0.00000324. The number of halogens is 1. The van der Waals surface area contributed by atoms with Crippen LogP contribution in [0.25, 0.3) is 0 Å². The minimum absolute atomic E-state index is 0. The average molecular weight is 310 g/mol. The van der Waals surface area contributed by atoms with E-state index >= 15 is 0 Å². The number of hydrogen-bond acceptors (Lipinski definition) is 5. The highest BCUT2D eigenvalue weighted by atomic mass is 35.5. The van der Waals surface area contributed by atoms with Crippen molar-refractivity contribution in [3.8, 4) is 0 Å². The van der Waals surface area contributed by atoms with E-state index in [9.17, 15) is 8.42 Å². The Hall–Kier alpha value is -1.02. The van der Waals surface area contributed by atoms with Crippen LogP contribution in [-0.2, 0) is 10.0 Å². The first-order valence-electron chi connectivity index (χ1n) is 5.58. The van der Waals surface area contributed by atoms with Gasteiger partial charge in [0.1, 0.15) is 0 Å². The van der Waals surface area contributed by atoms with Crippen molar-refractivity contribution in [1.29, 1.82) is 0 Å². The molecule has 0 aliphatic carbocycles. The molecule has 1 aromatic rings. The zero-order chi connectivity index (χ0) is 13.6. The van der Waals surface area contributed by atoms with Gasteiger partial charge in [-0.2, -0.15) is 0 Å². The molecule has 1 rings (SSSR count). The molecule has 0 radical (unpaired) electrons. The van der Waals surface area contributed by atoms with E-state index in [2.05, 4.69) is 4.72 Å². The Morgan fingerprint density at radius 2 is 1.84 bits per heavy atom. The summed E-state index contributed by atoms with van der Waals surface area (Å²) in [5, 5.41) is 9.01. The van der Waals surface area contributed by atoms with Gasteiger partial charge in [-0.05, 0) is 24.3 Å². The van der Waals surface area contributed by atoms with Crippen LogP contribution in [-0.4, -0.2) is 46.0 Å². The smallest absolute Gasteiger partial charge is 0.208 e. The van der Waals surface area contributed by atoms with Crippen LogP contribution in [0.4, 0.5) is 11.4 Å². The van der Waals surface area contributed by atoms with Gasteiger partial charge in [-0.15, -0.1) is 12.4 Å². The molecule has 0 saturated carbocycles. The van der Waals surface area contributed by atoms with Crippen LogP contribution in [0.2, 0.25) is 0 Å². The fourth-order valence-electron chi connectivity index (χ4n) is 1.54. The molecule has 0 spiro atoms. The number of aliphatic hydroxyl groups excluding tert-OH is 1. The Bertz CT molecular complexity index is 465. The highest BCUT2D eigenvalue weighted by Crippen LogP contribution is 2.15. The Kier molecular flexibility index (Phi) is 7.77. The van der Waals surface area contributed by atoms with Crippen molar-refractivity contribution in [3.05, 3.63) is 24.3 Å². The zero-order valence-corrected chi connectivity index (χ0v) is 12.4. The molecule has 0 heterocycles. The van der Waals surface area contributed by atoms with Gasteiger partial charge >= 0.3 is 0 Å². The topological polar surface area (TPSA) is 95.7 Å². The third-order valence-corrected chi connectivity index (χ3v) is 3.10. The SMILES string of the molecule is CS(=O)(=O)NCCN(CCO)c1ccc(N)cc1.Cl. The van der Waals surface area contributed by atoms with Crippen LogP contribution in [0.5, 0.6) is 0 Å². The summed E-state index contributed by atoms with van der Waals surface area (Å²) in [5.41, 5.74) is 7.16. The van der Waals surface area contributed by atoms with E-state index in [1.807, 2.05) is 17.0 Å². The van der Waals surface area contributed by atoms with Gasteiger partial charge in [0.2, 0.25) is 10.0 Å². The largest absolute Gasteiger partial charge is 0.399 e. The molecule has 0 atom stereocenters. The number of rotatable bonds is 7. The second-order valence-corrected chi connectivity index (χ2v) is 5.80. The van der Waals surface area contributed by atoms with E-state index in [0.29, 0.717) is 25.3 Å². The molecule has 19 heavy (non-hydrogen) atoms. The Labute approximate surface area is 120 Å². The summed E-state index contributed by atoms with van der Waals surface area (Å²) in [6.07, 6.45) is 1.12. The Morgan fingerprint density at radius 1 is 1.26 bits per heavy atom. The molecule has 1 aromatic carbocycles. The van der Waals surface area contributed by atoms with Crippen molar-refractivity contribution < 1.29 is 13.5 Å². The van der Waals surface area contributed by atoms with E-state index in [1.54, 1.807) is 12.1 Å².